The zero-order valence-electron chi connectivity index (χ0n) is 7.53. The number of carbonyl (C=O) groups is 1. The Morgan fingerprint density at radius 1 is 1.21 bits per heavy atom. The molecule has 0 saturated carbocycles. The first-order chi connectivity index (χ1) is 6.79. The highest BCUT2D eigenvalue weighted by Gasteiger charge is 2.11. The molecule has 0 atom stereocenters. The molecule has 0 saturated heterocycles. The first-order valence-corrected chi connectivity index (χ1v) is 4.31. The molecule has 0 aliphatic heterocycles. The molecule has 0 unspecified atom stereocenters. The Morgan fingerprint density at radius 3 is 2.64 bits per heavy atom. The maximum Gasteiger partial charge on any atom is 0.196 e. The van der Waals surface area contributed by atoms with Crippen LogP contribution in [0.4, 0.5) is 5.69 Å². The Bertz CT molecular complexity index is 446. The summed E-state index contributed by atoms with van der Waals surface area (Å²) in [6.07, 6.45) is 3.38. The van der Waals surface area contributed by atoms with Crippen molar-refractivity contribution in [2.75, 3.05) is 5.73 Å². The molecule has 1 aromatic heterocycles. The van der Waals surface area contributed by atoms with Gasteiger partial charge >= 0.3 is 0 Å². The summed E-state index contributed by atoms with van der Waals surface area (Å²) in [7, 11) is 0. The van der Waals surface area contributed by atoms with Crippen LogP contribution in [0.2, 0.25) is 0 Å². The van der Waals surface area contributed by atoms with E-state index in [2.05, 4.69) is 4.98 Å². The molecule has 0 amide bonds. The molecule has 0 aliphatic carbocycles. The highest BCUT2D eigenvalue weighted by molar-refractivity contribution is 6.11. The van der Waals surface area contributed by atoms with E-state index in [0.717, 1.165) is 0 Å². The van der Waals surface area contributed by atoms with E-state index >= 15 is 0 Å². The van der Waals surface area contributed by atoms with Gasteiger partial charge in [-0.3, -0.25) is 4.79 Å². The van der Waals surface area contributed by atoms with E-state index in [1.165, 1.54) is 0 Å². The number of H-pyrrole nitrogens is 1. The fraction of sp³-hybridized carbons (Fsp3) is 0. The lowest BCUT2D eigenvalue weighted by Gasteiger charge is -2.01. The molecule has 0 bridgehead atoms. The van der Waals surface area contributed by atoms with Gasteiger partial charge in [-0.15, -0.1) is 0 Å². The number of benzene rings is 1. The van der Waals surface area contributed by atoms with Gasteiger partial charge < -0.3 is 10.7 Å². The van der Waals surface area contributed by atoms with Crippen LogP contribution in [0.3, 0.4) is 0 Å². The number of anilines is 1. The molecule has 3 N–H and O–H groups in total. The summed E-state index contributed by atoms with van der Waals surface area (Å²) in [5, 5.41) is 0. The lowest BCUT2D eigenvalue weighted by molar-refractivity contribution is 0.104. The summed E-state index contributed by atoms with van der Waals surface area (Å²) in [4.78, 5) is 14.7. The van der Waals surface area contributed by atoms with Crippen molar-refractivity contribution in [2.45, 2.75) is 0 Å². The Morgan fingerprint density at radius 2 is 2.00 bits per heavy atom. The van der Waals surface area contributed by atoms with Crippen molar-refractivity contribution in [1.82, 2.24) is 4.98 Å². The van der Waals surface area contributed by atoms with Crippen molar-refractivity contribution in [1.29, 1.82) is 0 Å². The zero-order chi connectivity index (χ0) is 9.97. The van der Waals surface area contributed by atoms with E-state index in [9.17, 15) is 4.79 Å². The lowest BCUT2D eigenvalue weighted by atomic mass is 10.0. The molecule has 1 heterocycles. The zero-order valence-corrected chi connectivity index (χ0v) is 7.53. The average molecular weight is 186 g/mol. The molecule has 14 heavy (non-hydrogen) atoms. The summed E-state index contributed by atoms with van der Waals surface area (Å²) in [6.45, 7) is 0. The number of carbonyl (C=O) groups excluding carboxylic acids is 1. The highest BCUT2D eigenvalue weighted by atomic mass is 16.1. The molecular weight excluding hydrogens is 176 g/mol. The second-order valence-corrected chi connectivity index (χ2v) is 3.02. The molecular formula is C11H10N2O. The van der Waals surface area contributed by atoms with E-state index in [-0.39, 0.29) is 5.78 Å². The largest absolute Gasteiger partial charge is 0.398 e. The minimum atomic E-state index is -0.0515. The van der Waals surface area contributed by atoms with Crippen LogP contribution >= 0.6 is 0 Å². The number of hydrogen-bond donors (Lipinski definition) is 2. The van der Waals surface area contributed by atoms with Crippen molar-refractivity contribution in [3.63, 3.8) is 0 Å². The lowest BCUT2D eigenvalue weighted by Crippen LogP contribution is -2.03. The van der Waals surface area contributed by atoms with Gasteiger partial charge in [0.25, 0.3) is 0 Å². The third-order valence-electron chi connectivity index (χ3n) is 2.07. The number of hydrogen-bond acceptors (Lipinski definition) is 2. The fourth-order valence-electron chi connectivity index (χ4n) is 1.32. The monoisotopic (exact) mass is 186 g/mol. The van der Waals surface area contributed by atoms with E-state index in [1.807, 2.05) is 6.07 Å². The van der Waals surface area contributed by atoms with Crippen molar-refractivity contribution in [2.24, 2.45) is 0 Å². The summed E-state index contributed by atoms with van der Waals surface area (Å²) < 4.78 is 0. The Hall–Kier alpha value is -2.03. The molecule has 0 spiro atoms. The second kappa shape index (κ2) is 3.38. The van der Waals surface area contributed by atoms with Crippen LogP contribution in [0, 0.1) is 0 Å². The first-order valence-electron chi connectivity index (χ1n) is 4.31. The van der Waals surface area contributed by atoms with Gasteiger partial charge in [0.2, 0.25) is 0 Å². The third-order valence-corrected chi connectivity index (χ3v) is 2.07. The summed E-state index contributed by atoms with van der Waals surface area (Å²) >= 11 is 0. The van der Waals surface area contributed by atoms with Gasteiger partial charge in [-0.2, -0.15) is 0 Å². The van der Waals surface area contributed by atoms with Gasteiger partial charge in [0, 0.05) is 29.2 Å². The Kier molecular flexibility index (Phi) is 2.07. The Balaban J connectivity index is 2.42. The summed E-state index contributed by atoms with van der Waals surface area (Å²) in [5.74, 6) is -0.0515. The predicted octanol–water partition coefficient (Wildman–Crippen LogP) is 1.83. The minimum absolute atomic E-state index is 0.0515. The standard InChI is InChI=1S/C11H10N2O/c12-10-4-2-1-3-9(10)11(14)8-5-6-13-7-8/h1-7,13H,12H2. The molecule has 1 aromatic carbocycles. The number of nitrogens with one attached hydrogen (secondary N) is 1. The summed E-state index contributed by atoms with van der Waals surface area (Å²) in [5.41, 5.74) is 7.39. The molecule has 2 rings (SSSR count). The molecule has 0 radical (unpaired) electrons. The number of aromatic nitrogens is 1. The second-order valence-electron chi connectivity index (χ2n) is 3.02. The number of rotatable bonds is 2. The molecule has 70 valence electrons. The number of nitrogen functional groups attached to an aromatic ring is 1. The smallest absolute Gasteiger partial charge is 0.196 e. The third kappa shape index (κ3) is 1.40. The van der Waals surface area contributed by atoms with Crippen molar-refractivity contribution in [3.8, 4) is 0 Å². The number of nitrogens with two attached hydrogens (primary N) is 1. The van der Waals surface area contributed by atoms with E-state index < -0.39 is 0 Å². The summed E-state index contributed by atoms with van der Waals surface area (Å²) in [6, 6.07) is 8.79. The van der Waals surface area contributed by atoms with Crippen molar-refractivity contribution < 1.29 is 4.79 Å². The topological polar surface area (TPSA) is 58.9 Å². The van der Waals surface area contributed by atoms with Crippen LogP contribution in [0.15, 0.2) is 42.7 Å². The highest BCUT2D eigenvalue weighted by Crippen LogP contribution is 2.15. The normalized spacial score (nSPS) is 10.0. The van der Waals surface area contributed by atoms with Gasteiger partial charge in [-0.05, 0) is 18.2 Å². The van der Waals surface area contributed by atoms with Gasteiger partial charge in [0.05, 0.1) is 0 Å². The first kappa shape index (κ1) is 8.56. The number of aromatic amines is 1. The van der Waals surface area contributed by atoms with Crippen LogP contribution in [-0.4, -0.2) is 10.8 Å². The minimum Gasteiger partial charge on any atom is -0.398 e. The predicted molar refractivity (Wildman–Crippen MR) is 55.1 cm³/mol. The molecule has 2 aromatic rings. The molecule has 3 nitrogen and oxygen atoms in total. The number of ketones is 1. The van der Waals surface area contributed by atoms with Gasteiger partial charge in [-0.25, -0.2) is 0 Å². The van der Waals surface area contributed by atoms with Gasteiger partial charge in [0.15, 0.2) is 5.78 Å². The van der Waals surface area contributed by atoms with Crippen molar-refractivity contribution >= 4 is 11.5 Å². The van der Waals surface area contributed by atoms with Crippen LogP contribution < -0.4 is 5.73 Å². The number of para-hydroxylation sites is 1. The van der Waals surface area contributed by atoms with E-state index in [4.69, 9.17) is 5.73 Å². The van der Waals surface area contributed by atoms with Crippen molar-refractivity contribution in [3.05, 3.63) is 53.9 Å². The van der Waals surface area contributed by atoms with Crippen LogP contribution in [0.5, 0.6) is 0 Å². The van der Waals surface area contributed by atoms with E-state index in [1.54, 1.807) is 36.7 Å². The molecule has 3 heteroatoms. The quantitative estimate of drug-likeness (QED) is 0.555. The van der Waals surface area contributed by atoms with Gasteiger partial charge in [-0.1, -0.05) is 12.1 Å². The molecule has 0 fully saturated rings. The maximum atomic E-state index is 11.8. The fourth-order valence-corrected chi connectivity index (χ4v) is 1.32. The maximum absolute atomic E-state index is 11.8. The molecule has 0 aliphatic rings. The SMILES string of the molecule is Nc1ccccc1C(=O)c1cc[nH]c1. The van der Waals surface area contributed by atoms with Crippen LogP contribution in [0.25, 0.3) is 0 Å². The Labute approximate surface area is 81.6 Å². The average Bonchev–Trinajstić information content (AvgIpc) is 2.70. The van der Waals surface area contributed by atoms with Gasteiger partial charge in [0.1, 0.15) is 0 Å². The van der Waals surface area contributed by atoms with Crippen LogP contribution in [-0.2, 0) is 0 Å². The van der Waals surface area contributed by atoms with Crippen LogP contribution in [0.1, 0.15) is 15.9 Å². The van der Waals surface area contributed by atoms with E-state index in [0.29, 0.717) is 16.8 Å².